The van der Waals surface area contributed by atoms with Crippen molar-refractivity contribution < 1.29 is 0 Å². The van der Waals surface area contributed by atoms with Crippen LogP contribution in [-0.2, 0) is 0 Å². The number of hydrogen-bond donors (Lipinski definition) is 2. The first-order chi connectivity index (χ1) is 6.36. The molecule has 68 valence electrons. The van der Waals surface area contributed by atoms with Gasteiger partial charge in [-0.25, -0.2) is 9.97 Å². The van der Waals surface area contributed by atoms with Crippen molar-refractivity contribution in [1.29, 1.82) is 5.26 Å². The van der Waals surface area contributed by atoms with E-state index in [1.807, 2.05) is 6.07 Å². The molecule has 0 unspecified atom stereocenters. The molecule has 0 amide bonds. The second-order valence-corrected chi connectivity index (χ2v) is 2.45. The van der Waals surface area contributed by atoms with Gasteiger partial charge in [-0.2, -0.15) is 5.26 Å². The van der Waals surface area contributed by atoms with Gasteiger partial charge in [0.2, 0.25) is 5.82 Å². The van der Waals surface area contributed by atoms with Crippen LogP contribution in [-0.4, -0.2) is 23.1 Å². The van der Waals surface area contributed by atoms with E-state index in [9.17, 15) is 0 Å². The highest BCUT2D eigenvalue weighted by Gasteiger charge is 1.95. The first-order valence-electron chi connectivity index (χ1n) is 4.04. The zero-order valence-corrected chi connectivity index (χ0v) is 7.20. The number of nitrogens with two attached hydrogens (primary N) is 1. The third-order valence-electron chi connectivity index (χ3n) is 1.44. The Hall–Kier alpha value is -1.67. The fourth-order valence-electron chi connectivity index (χ4n) is 0.830. The minimum absolute atomic E-state index is 0.178. The molecule has 0 spiro atoms. The fraction of sp³-hybridized carbons (Fsp3) is 0.375. The van der Waals surface area contributed by atoms with Gasteiger partial charge in [0.15, 0.2) is 0 Å². The number of aromatic nitrogens is 2. The molecule has 5 nitrogen and oxygen atoms in total. The highest BCUT2D eigenvalue weighted by molar-refractivity contribution is 5.34. The molecule has 0 radical (unpaired) electrons. The maximum atomic E-state index is 8.51. The summed E-state index contributed by atoms with van der Waals surface area (Å²) >= 11 is 0. The monoisotopic (exact) mass is 177 g/mol. The van der Waals surface area contributed by atoms with E-state index in [0.717, 1.165) is 13.0 Å². The molecule has 0 aliphatic carbocycles. The zero-order chi connectivity index (χ0) is 9.52. The van der Waals surface area contributed by atoms with Crippen LogP contribution in [0.2, 0.25) is 0 Å². The molecule has 0 aliphatic heterocycles. The van der Waals surface area contributed by atoms with Gasteiger partial charge in [-0.05, 0) is 19.0 Å². The van der Waals surface area contributed by atoms with Gasteiger partial charge in [0.05, 0.1) is 0 Å². The Kier molecular flexibility index (Phi) is 3.67. The smallest absolute Gasteiger partial charge is 0.234 e. The normalized spacial score (nSPS) is 9.23. The third kappa shape index (κ3) is 3.05. The van der Waals surface area contributed by atoms with Crippen molar-refractivity contribution in [3.63, 3.8) is 0 Å². The summed E-state index contributed by atoms with van der Waals surface area (Å²) in [4.78, 5) is 7.69. The molecule has 1 rings (SSSR count). The van der Waals surface area contributed by atoms with Crippen LogP contribution in [0.15, 0.2) is 12.3 Å². The summed E-state index contributed by atoms with van der Waals surface area (Å²) in [7, 11) is 0. The van der Waals surface area contributed by atoms with Crippen molar-refractivity contribution in [2.75, 3.05) is 18.4 Å². The van der Waals surface area contributed by atoms with Gasteiger partial charge < -0.3 is 11.1 Å². The largest absolute Gasteiger partial charge is 0.370 e. The van der Waals surface area contributed by atoms with Gasteiger partial charge in [-0.3, -0.25) is 0 Å². The minimum Gasteiger partial charge on any atom is -0.370 e. The number of rotatable bonds is 4. The van der Waals surface area contributed by atoms with E-state index in [-0.39, 0.29) is 5.82 Å². The molecule has 0 saturated carbocycles. The summed E-state index contributed by atoms with van der Waals surface area (Å²) in [5.74, 6) is 0.845. The van der Waals surface area contributed by atoms with Crippen LogP contribution in [0.25, 0.3) is 0 Å². The molecule has 0 bridgehead atoms. The van der Waals surface area contributed by atoms with Gasteiger partial charge in [-0.15, -0.1) is 0 Å². The van der Waals surface area contributed by atoms with Crippen LogP contribution in [0.1, 0.15) is 12.2 Å². The lowest BCUT2D eigenvalue weighted by atomic mass is 10.4. The fourth-order valence-corrected chi connectivity index (χ4v) is 0.830. The summed E-state index contributed by atoms with van der Waals surface area (Å²) in [6, 6.07) is 3.59. The van der Waals surface area contributed by atoms with Gasteiger partial charge in [-0.1, -0.05) is 0 Å². The van der Waals surface area contributed by atoms with Crippen LogP contribution in [0.5, 0.6) is 0 Å². The van der Waals surface area contributed by atoms with Crippen LogP contribution < -0.4 is 11.1 Å². The molecule has 1 aromatic heterocycles. The predicted molar refractivity (Wildman–Crippen MR) is 48.9 cm³/mol. The van der Waals surface area contributed by atoms with Crippen molar-refractivity contribution in [2.24, 2.45) is 5.73 Å². The summed E-state index contributed by atoms with van der Waals surface area (Å²) in [5.41, 5.74) is 5.32. The first-order valence-corrected chi connectivity index (χ1v) is 4.04. The molecule has 0 fully saturated rings. The number of nitriles is 1. The Morgan fingerprint density at radius 3 is 3.15 bits per heavy atom. The molecular weight excluding hydrogens is 166 g/mol. The van der Waals surface area contributed by atoms with E-state index in [1.165, 1.54) is 0 Å². The van der Waals surface area contributed by atoms with E-state index in [0.29, 0.717) is 12.4 Å². The number of nitrogens with zero attached hydrogens (tertiary/aromatic N) is 3. The molecule has 0 aliphatic rings. The maximum Gasteiger partial charge on any atom is 0.234 e. The lowest BCUT2D eigenvalue weighted by Gasteiger charge is -2.02. The molecule has 5 heteroatoms. The van der Waals surface area contributed by atoms with Crippen molar-refractivity contribution >= 4 is 5.82 Å². The number of anilines is 1. The first kappa shape index (κ1) is 9.42. The van der Waals surface area contributed by atoms with Crippen molar-refractivity contribution in [3.05, 3.63) is 18.1 Å². The Balaban J connectivity index is 2.52. The van der Waals surface area contributed by atoms with Crippen molar-refractivity contribution in [3.8, 4) is 6.07 Å². The molecule has 1 aromatic rings. The Morgan fingerprint density at radius 2 is 2.46 bits per heavy atom. The zero-order valence-electron chi connectivity index (χ0n) is 7.20. The Morgan fingerprint density at radius 1 is 1.62 bits per heavy atom. The number of nitrogens with one attached hydrogen (secondary N) is 1. The SMILES string of the molecule is N#Cc1nccc(NCCCN)n1. The molecule has 0 aromatic carbocycles. The molecular formula is C8H11N5. The van der Waals surface area contributed by atoms with E-state index in [1.54, 1.807) is 12.3 Å². The highest BCUT2D eigenvalue weighted by atomic mass is 15.0. The summed E-state index contributed by atoms with van der Waals surface area (Å²) in [5, 5.41) is 11.5. The lowest BCUT2D eigenvalue weighted by molar-refractivity contribution is 0.868. The molecule has 1 heterocycles. The topological polar surface area (TPSA) is 87.6 Å². The molecule has 0 saturated heterocycles. The van der Waals surface area contributed by atoms with Gasteiger partial charge in [0, 0.05) is 12.7 Å². The third-order valence-corrected chi connectivity index (χ3v) is 1.44. The lowest BCUT2D eigenvalue weighted by Crippen LogP contribution is -2.09. The molecule has 3 N–H and O–H groups in total. The van der Waals surface area contributed by atoms with Crippen molar-refractivity contribution in [1.82, 2.24) is 9.97 Å². The van der Waals surface area contributed by atoms with Crippen LogP contribution >= 0.6 is 0 Å². The summed E-state index contributed by atoms with van der Waals surface area (Å²) < 4.78 is 0. The predicted octanol–water partition coefficient (Wildman–Crippen LogP) is 0.109. The average Bonchev–Trinajstić information content (AvgIpc) is 2.19. The van der Waals surface area contributed by atoms with Crippen LogP contribution in [0.3, 0.4) is 0 Å². The van der Waals surface area contributed by atoms with Gasteiger partial charge in [0.1, 0.15) is 11.9 Å². The second kappa shape index (κ2) is 5.06. The van der Waals surface area contributed by atoms with Gasteiger partial charge >= 0.3 is 0 Å². The molecule has 0 atom stereocenters. The molecule has 13 heavy (non-hydrogen) atoms. The van der Waals surface area contributed by atoms with Crippen molar-refractivity contribution in [2.45, 2.75) is 6.42 Å². The van der Waals surface area contributed by atoms with E-state index in [2.05, 4.69) is 15.3 Å². The summed E-state index contributed by atoms with van der Waals surface area (Å²) in [6.07, 6.45) is 2.43. The van der Waals surface area contributed by atoms with E-state index < -0.39 is 0 Å². The standard InChI is InChI=1S/C8H11N5/c9-3-1-4-11-7-2-5-12-8(6-10)13-7/h2,5H,1,3-4,9H2,(H,11,12,13). The van der Waals surface area contributed by atoms with E-state index in [4.69, 9.17) is 11.0 Å². The van der Waals surface area contributed by atoms with Crippen LogP contribution in [0.4, 0.5) is 5.82 Å². The van der Waals surface area contributed by atoms with Crippen LogP contribution in [0, 0.1) is 11.3 Å². The summed E-state index contributed by atoms with van der Waals surface area (Å²) in [6.45, 7) is 1.40. The minimum atomic E-state index is 0.178. The Bertz CT molecular complexity index is 304. The average molecular weight is 177 g/mol. The van der Waals surface area contributed by atoms with E-state index >= 15 is 0 Å². The Labute approximate surface area is 76.6 Å². The quantitative estimate of drug-likeness (QED) is 0.637. The highest BCUT2D eigenvalue weighted by Crippen LogP contribution is 2.00. The maximum absolute atomic E-state index is 8.51. The van der Waals surface area contributed by atoms with Gasteiger partial charge in [0.25, 0.3) is 0 Å². The number of hydrogen-bond acceptors (Lipinski definition) is 5. The second-order valence-electron chi connectivity index (χ2n) is 2.45.